The standard InChI is InChI=1S/C19H24FN3O2/c1-18(2)9-14(10-19(3,4)23-18)21-16(24)15-11-25-17(22-15)12-5-7-13(20)8-6-12/h5-8,11,14,23H,9-10H2,1-4H3,(H,21,24). The van der Waals surface area contributed by atoms with Gasteiger partial charge in [0, 0.05) is 22.7 Å². The first-order valence-electron chi connectivity index (χ1n) is 8.45. The quantitative estimate of drug-likeness (QED) is 0.893. The van der Waals surface area contributed by atoms with Crippen molar-refractivity contribution in [3.8, 4) is 11.5 Å². The van der Waals surface area contributed by atoms with Gasteiger partial charge < -0.3 is 15.1 Å². The predicted octanol–water partition coefficient (Wildman–Crippen LogP) is 3.52. The predicted molar refractivity (Wildman–Crippen MR) is 93.7 cm³/mol. The second-order valence-corrected chi connectivity index (χ2v) is 8.02. The Labute approximate surface area is 147 Å². The molecule has 2 N–H and O–H groups in total. The lowest BCUT2D eigenvalue weighted by molar-refractivity contribution is 0.0868. The van der Waals surface area contributed by atoms with Crippen LogP contribution in [0.2, 0.25) is 0 Å². The van der Waals surface area contributed by atoms with Gasteiger partial charge in [-0.1, -0.05) is 0 Å². The molecule has 1 aromatic heterocycles. The van der Waals surface area contributed by atoms with Gasteiger partial charge in [0.15, 0.2) is 5.69 Å². The van der Waals surface area contributed by atoms with Gasteiger partial charge in [0.05, 0.1) is 0 Å². The van der Waals surface area contributed by atoms with Gasteiger partial charge >= 0.3 is 0 Å². The monoisotopic (exact) mass is 345 g/mol. The molecule has 0 spiro atoms. The zero-order valence-corrected chi connectivity index (χ0v) is 15.0. The molecular formula is C19H24FN3O2. The van der Waals surface area contributed by atoms with Crippen LogP contribution in [0.15, 0.2) is 34.9 Å². The number of rotatable bonds is 3. The molecule has 2 aromatic rings. The minimum absolute atomic E-state index is 0.0528. The van der Waals surface area contributed by atoms with Crippen LogP contribution >= 0.6 is 0 Å². The molecule has 3 rings (SSSR count). The van der Waals surface area contributed by atoms with Crippen LogP contribution in [0.1, 0.15) is 51.0 Å². The second kappa shape index (κ2) is 6.26. The maximum Gasteiger partial charge on any atom is 0.273 e. The third-order valence-corrected chi connectivity index (χ3v) is 4.35. The summed E-state index contributed by atoms with van der Waals surface area (Å²) in [5, 5.41) is 6.65. The summed E-state index contributed by atoms with van der Waals surface area (Å²) in [7, 11) is 0. The smallest absolute Gasteiger partial charge is 0.273 e. The second-order valence-electron chi connectivity index (χ2n) is 8.02. The molecule has 6 heteroatoms. The fraction of sp³-hybridized carbons (Fsp3) is 0.474. The van der Waals surface area contributed by atoms with E-state index in [0.29, 0.717) is 11.5 Å². The maximum atomic E-state index is 13.0. The van der Waals surface area contributed by atoms with E-state index in [0.717, 1.165) is 12.8 Å². The summed E-state index contributed by atoms with van der Waals surface area (Å²) in [6.45, 7) is 8.54. The van der Waals surface area contributed by atoms with E-state index in [4.69, 9.17) is 4.42 Å². The average molecular weight is 345 g/mol. The van der Waals surface area contributed by atoms with Gasteiger partial charge in [-0.3, -0.25) is 4.79 Å². The Balaban J connectivity index is 1.71. The third-order valence-electron chi connectivity index (χ3n) is 4.35. The molecule has 0 bridgehead atoms. The van der Waals surface area contributed by atoms with Crippen molar-refractivity contribution in [1.29, 1.82) is 0 Å². The molecule has 0 atom stereocenters. The summed E-state index contributed by atoms with van der Waals surface area (Å²) in [4.78, 5) is 16.8. The highest BCUT2D eigenvalue weighted by molar-refractivity contribution is 5.92. The number of halogens is 1. The molecule has 1 amide bonds. The van der Waals surface area contributed by atoms with Crippen LogP contribution in [0.25, 0.3) is 11.5 Å². The molecule has 1 saturated heterocycles. The number of oxazole rings is 1. The highest BCUT2D eigenvalue weighted by Crippen LogP contribution is 2.28. The SMILES string of the molecule is CC1(C)CC(NC(=O)c2coc(-c3ccc(F)cc3)n2)CC(C)(C)N1. The van der Waals surface area contributed by atoms with E-state index in [1.54, 1.807) is 12.1 Å². The lowest BCUT2D eigenvalue weighted by Gasteiger charge is -2.46. The van der Waals surface area contributed by atoms with Gasteiger partial charge in [0.2, 0.25) is 5.89 Å². The Kier molecular flexibility index (Phi) is 4.41. The Morgan fingerprint density at radius 1 is 1.20 bits per heavy atom. The van der Waals surface area contributed by atoms with E-state index in [2.05, 4.69) is 43.3 Å². The molecule has 0 saturated carbocycles. The fourth-order valence-electron chi connectivity index (χ4n) is 3.79. The number of carbonyl (C=O) groups is 1. The van der Waals surface area contributed by atoms with E-state index < -0.39 is 0 Å². The van der Waals surface area contributed by atoms with Crippen LogP contribution in [0.4, 0.5) is 4.39 Å². The highest BCUT2D eigenvalue weighted by Gasteiger charge is 2.38. The fourth-order valence-corrected chi connectivity index (χ4v) is 3.79. The number of nitrogens with one attached hydrogen (secondary N) is 2. The van der Waals surface area contributed by atoms with Crippen LogP contribution in [-0.4, -0.2) is 28.0 Å². The minimum atomic E-state index is -0.329. The number of piperidine rings is 1. The lowest BCUT2D eigenvalue weighted by atomic mass is 9.79. The number of carbonyl (C=O) groups excluding carboxylic acids is 1. The first kappa shape index (κ1) is 17.6. The average Bonchev–Trinajstić information content (AvgIpc) is 2.94. The van der Waals surface area contributed by atoms with Crippen LogP contribution in [0.5, 0.6) is 0 Å². The van der Waals surface area contributed by atoms with Crippen molar-refractivity contribution < 1.29 is 13.6 Å². The zero-order valence-electron chi connectivity index (χ0n) is 15.0. The maximum absolute atomic E-state index is 13.0. The van der Waals surface area contributed by atoms with E-state index in [1.807, 2.05) is 0 Å². The number of amides is 1. The van der Waals surface area contributed by atoms with Gasteiger partial charge in [-0.2, -0.15) is 0 Å². The number of hydrogen-bond acceptors (Lipinski definition) is 4. The molecule has 0 radical (unpaired) electrons. The van der Waals surface area contributed by atoms with Gasteiger partial charge in [-0.25, -0.2) is 9.37 Å². The van der Waals surface area contributed by atoms with E-state index in [1.165, 1.54) is 18.4 Å². The Morgan fingerprint density at radius 2 is 1.80 bits per heavy atom. The lowest BCUT2D eigenvalue weighted by Crippen LogP contribution is -2.62. The minimum Gasteiger partial charge on any atom is -0.444 e. The van der Waals surface area contributed by atoms with E-state index in [-0.39, 0.29) is 34.5 Å². The molecule has 2 heterocycles. The normalized spacial score (nSPS) is 19.6. The van der Waals surface area contributed by atoms with Crippen molar-refractivity contribution in [2.45, 2.75) is 57.7 Å². The summed E-state index contributed by atoms with van der Waals surface area (Å²) in [5.41, 5.74) is 0.754. The first-order valence-corrected chi connectivity index (χ1v) is 8.45. The third kappa shape index (κ3) is 4.25. The summed E-state index contributed by atoms with van der Waals surface area (Å²) >= 11 is 0. The van der Waals surface area contributed by atoms with Gasteiger partial charge in [-0.15, -0.1) is 0 Å². The van der Waals surface area contributed by atoms with Gasteiger partial charge in [0.25, 0.3) is 5.91 Å². The largest absolute Gasteiger partial charge is 0.444 e. The van der Waals surface area contributed by atoms with Crippen molar-refractivity contribution in [3.05, 3.63) is 42.0 Å². The molecule has 134 valence electrons. The Bertz CT molecular complexity index is 749. The topological polar surface area (TPSA) is 67.2 Å². The summed E-state index contributed by atoms with van der Waals surface area (Å²) in [5.74, 6) is -0.281. The van der Waals surface area contributed by atoms with Crippen LogP contribution in [0, 0.1) is 5.82 Å². The molecule has 1 aromatic carbocycles. The number of nitrogens with zero attached hydrogens (tertiary/aromatic N) is 1. The molecule has 0 aliphatic carbocycles. The molecule has 0 unspecified atom stereocenters. The molecule has 1 aliphatic rings. The number of benzene rings is 1. The van der Waals surface area contributed by atoms with Crippen molar-refractivity contribution in [2.24, 2.45) is 0 Å². The summed E-state index contributed by atoms with van der Waals surface area (Å²) in [6.07, 6.45) is 3.01. The summed E-state index contributed by atoms with van der Waals surface area (Å²) in [6, 6.07) is 5.86. The Morgan fingerprint density at radius 3 is 2.40 bits per heavy atom. The van der Waals surface area contributed by atoms with E-state index >= 15 is 0 Å². The van der Waals surface area contributed by atoms with Gasteiger partial charge in [-0.05, 0) is 64.8 Å². The zero-order chi connectivity index (χ0) is 18.2. The molecule has 1 aliphatic heterocycles. The van der Waals surface area contributed by atoms with Crippen molar-refractivity contribution in [2.75, 3.05) is 0 Å². The number of hydrogen-bond donors (Lipinski definition) is 2. The van der Waals surface area contributed by atoms with Crippen LogP contribution in [-0.2, 0) is 0 Å². The highest BCUT2D eigenvalue weighted by atomic mass is 19.1. The van der Waals surface area contributed by atoms with Crippen molar-refractivity contribution >= 4 is 5.91 Å². The molecule has 25 heavy (non-hydrogen) atoms. The van der Waals surface area contributed by atoms with E-state index in [9.17, 15) is 9.18 Å². The van der Waals surface area contributed by atoms with Gasteiger partial charge in [0.1, 0.15) is 12.1 Å². The Hall–Kier alpha value is -2.21. The van der Waals surface area contributed by atoms with Crippen LogP contribution < -0.4 is 10.6 Å². The van der Waals surface area contributed by atoms with Crippen molar-refractivity contribution in [1.82, 2.24) is 15.6 Å². The van der Waals surface area contributed by atoms with Crippen LogP contribution in [0.3, 0.4) is 0 Å². The molecule has 1 fully saturated rings. The molecular weight excluding hydrogens is 321 g/mol. The number of aromatic nitrogens is 1. The first-order chi connectivity index (χ1) is 11.6. The molecule has 5 nitrogen and oxygen atoms in total. The summed E-state index contributed by atoms with van der Waals surface area (Å²) < 4.78 is 18.4. The van der Waals surface area contributed by atoms with Crippen molar-refractivity contribution in [3.63, 3.8) is 0 Å².